The summed E-state index contributed by atoms with van der Waals surface area (Å²) in [6.45, 7) is 1.48. The van der Waals surface area contributed by atoms with Crippen LogP contribution in [0.1, 0.15) is 18.7 Å². The van der Waals surface area contributed by atoms with Crippen LogP contribution in [0.15, 0.2) is 28.8 Å². The number of benzene rings is 1. The molecule has 0 spiro atoms. The quantitative estimate of drug-likeness (QED) is 0.870. The molecular formula is C17H20N4O4. The third kappa shape index (κ3) is 4.34. The third-order valence-electron chi connectivity index (χ3n) is 4.03. The third-order valence-corrected chi connectivity index (χ3v) is 4.03. The minimum absolute atomic E-state index is 0.0132. The van der Waals surface area contributed by atoms with E-state index in [2.05, 4.69) is 15.5 Å². The molecule has 0 aliphatic carbocycles. The minimum Gasteiger partial charge on any atom is -0.497 e. The number of hydrogen-bond donors (Lipinski definition) is 1. The molecule has 8 heteroatoms. The molecule has 1 aromatic carbocycles. The Morgan fingerprint density at radius 1 is 1.32 bits per heavy atom. The summed E-state index contributed by atoms with van der Waals surface area (Å²) in [6.07, 6.45) is 0.992. The van der Waals surface area contributed by atoms with Gasteiger partial charge in [-0.3, -0.25) is 9.59 Å². The van der Waals surface area contributed by atoms with Crippen molar-refractivity contribution in [2.45, 2.75) is 19.3 Å². The molecule has 0 saturated carbocycles. The molecule has 0 bridgehead atoms. The number of carbonyl (C=O) groups excluding carboxylic acids is 2. The summed E-state index contributed by atoms with van der Waals surface area (Å²) >= 11 is 0. The Morgan fingerprint density at radius 3 is 2.88 bits per heavy atom. The van der Waals surface area contributed by atoms with Gasteiger partial charge >= 0.3 is 0 Å². The van der Waals surface area contributed by atoms with Gasteiger partial charge in [-0.05, 0) is 24.3 Å². The van der Waals surface area contributed by atoms with Gasteiger partial charge in [0.2, 0.25) is 23.5 Å². The average Bonchev–Trinajstić information content (AvgIpc) is 3.01. The number of nitrogens with zero attached hydrogens (tertiary/aromatic N) is 3. The molecule has 1 aliphatic heterocycles. The molecule has 1 saturated heterocycles. The number of rotatable bonds is 5. The van der Waals surface area contributed by atoms with Gasteiger partial charge in [0, 0.05) is 44.5 Å². The highest BCUT2D eigenvalue weighted by Gasteiger charge is 2.19. The summed E-state index contributed by atoms with van der Waals surface area (Å²) < 4.78 is 10.3. The second kappa shape index (κ2) is 7.78. The largest absolute Gasteiger partial charge is 0.497 e. The number of nitrogens with one attached hydrogen (secondary N) is 1. The smallest absolute Gasteiger partial charge is 0.227 e. The van der Waals surface area contributed by atoms with Gasteiger partial charge in [0.1, 0.15) is 5.75 Å². The van der Waals surface area contributed by atoms with Crippen LogP contribution in [0.2, 0.25) is 0 Å². The number of hydrogen-bond acceptors (Lipinski definition) is 6. The second-order valence-corrected chi connectivity index (χ2v) is 5.72. The first-order valence-corrected chi connectivity index (χ1v) is 8.17. The predicted molar refractivity (Wildman–Crippen MR) is 88.8 cm³/mol. The van der Waals surface area contributed by atoms with Gasteiger partial charge in [-0.25, -0.2) is 0 Å². The van der Waals surface area contributed by atoms with Crippen LogP contribution >= 0.6 is 0 Å². The zero-order valence-electron chi connectivity index (χ0n) is 14.0. The maximum absolute atomic E-state index is 12.3. The molecule has 1 fully saturated rings. The van der Waals surface area contributed by atoms with Crippen molar-refractivity contribution >= 4 is 11.8 Å². The summed E-state index contributed by atoms with van der Waals surface area (Å²) in [5.41, 5.74) is 0.819. The van der Waals surface area contributed by atoms with Crippen molar-refractivity contribution in [1.82, 2.24) is 20.4 Å². The summed E-state index contributed by atoms with van der Waals surface area (Å²) in [7, 11) is 1.61. The Kier molecular flexibility index (Phi) is 5.27. The Morgan fingerprint density at radius 2 is 2.12 bits per heavy atom. The van der Waals surface area contributed by atoms with Crippen LogP contribution in [0.4, 0.5) is 0 Å². The van der Waals surface area contributed by atoms with E-state index in [0.29, 0.717) is 44.2 Å². The highest BCUT2D eigenvalue weighted by atomic mass is 16.5. The van der Waals surface area contributed by atoms with Gasteiger partial charge in [0.15, 0.2) is 0 Å². The highest BCUT2D eigenvalue weighted by molar-refractivity contribution is 5.80. The van der Waals surface area contributed by atoms with E-state index in [-0.39, 0.29) is 18.2 Å². The number of aromatic nitrogens is 2. The molecule has 132 valence electrons. The molecule has 2 amide bonds. The van der Waals surface area contributed by atoms with E-state index >= 15 is 0 Å². The standard InChI is InChI=1S/C17H20N4O4/c1-24-13-4-2-12(3-5-13)17-19-15(25-20-17)6-7-16(23)21-10-8-14(22)18-9-11-21/h2-5H,6-11H2,1H3,(H,18,22). The summed E-state index contributed by atoms with van der Waals surface area (Å²) in [5, 5.41) is 6.70. The van der Waals surface area contributed by atoms with Gasteiger partial charge in [0.25, 0.3) is 0 Å². The lowest BCUT2D eigenvalue weighted by Gasteiger charge is -2.18. The molecule has 2 aromatic rings. The number of amides is 2. The first-order chi connectivity index (χ1) is 12.2. The number of carbonyl (C=O) groups is 2. The Bertz CT molecular complexity index is 741. The lowest BCUT2D eigenvalue weighted by atomic mass is 10.2. The van der Waals surface area contributed by atoms with E-state index in [1.807, 2.05) is 24.3 Å². The fourth-order valence-electron chi connectivity index (χ4n) is 2.60. The van der Waals surface area contributed by atoms with Crippen LogP contribution in [0.3, 0.4) is 0 Å². The van der Waals surface area contributed by atoms with E-state index in [0.717, 1.165) is 11.3 Å². The van der Waals surface area contributed by atoms with E-state index in [1.54, 1.807) is 12.0 Å². The predicted octanol–water partition coefficient (Wildman–Crippen LogP) is 1.03. The van der Waals surface area contributed by atoms with E-state index in [9.17, 15) is 9.59 Å². The van der Waals surface area contributed by atoms with Crippen LogP contribution in [-0.2, 0) is 16.0 Å². The highest BCUT2D eigenvalue weighted by Crippen LogP contribution is 2.20. The summed E-state index contributed by atoms with van der Waals surface area (Å²) in [4.78, 5) is 29.6. The molecular weight excluding hydrogens is 324 g/mol. The number of methoxy groups -OCH3 is 1. The molecule has 0 atom stereocenters. The van der Waals surface area contributed by atoms with Crippen molar-refractivity contribution in [1.29, 1.82) is 0 Å². The van der Waals surface area contributed by atoms with Gasteiger partial charge in [0.05, 0.1) is 7.11 Å². The van der Waals surface area contributed by atoms with Crippen LogP contribution < -0.4 is 10.1 Å². The van der Waals surface area contributed by atoms with E-state index in [1.165, 1.54) is 0 Å². The molecule has 3 rings (SSSR count). The maximum atomic E-state index is 12.3. The lowest BCUT2D eigenvalue weighted by Crippen LogP contribution is -2.34. The van der Waals surface area contributed by atoms with Gasteiger partial charge < -0.3 is 19.5 Å². The molecule has 1 N–H and O–H groups in total. The van der Waals surface area contributed by atoms with Crippen molar-refractivity contribution < 1.29 is 18.8 Å². The van der Waals surface area contributed by atoms with Gasteiger partial charge in [-0.1, -0.05) is 5.16 Å². The first kappa shape index (κ1) is 16.9. The second-order valence-electron chi connectivity index (χ2n) is 5.72. The number of ether oxygens (including phenoxy) is 1. The van der Waals surface area contributed by atoms with Gasteiger partial charge in [-0.15, -0.1) is 0 Å². The SMILES string of the molecule is COc1ccc(-c2noc(CCC(=O)N3CCNC(=O)CC3)n2)cc1. The fraction of sp³-hybridized carbons (Fsp3) is 0.412. The molecule has 1 aliphatic rings. The Hall–Kier alpha value is -2.90. The first-order valence-electron chi connectivity index (χ1n) is 8.17. The van der Waals surface area contributed by atoms with E-state index < -0.39 is 0 Å². The van der Waals surface area contributed by atoms with Crippen molar-refractivity contribution in [3.63, 3.8) is 0 Å². The van der Waals surface area contributed by atoms with Crippen molar-refractivity contribution in [3.05, 3.63) is 30.2 Å². The molecule has 0 unspecified atom stereocenters. The van der Waals surface area contributed by atoms with Crippen LogP contribution in [-0.4, -0.2) is 53.6 Å². The Labute approximate surface area is 145 Å². The summed E-state index contributed by atoms with van der Waals surface area (Å²) in [6, 6.07) is 7.34. The topological polar surface area (TPSA) is 97.6 Å². The van der Waals surface area contributed by atoms with Crippen molar-refractivity contribution in [3.8, 4) is 17.1 Å². The van der Waals surface area contributed by atoms with Crippen LogP contribution in [0.5, 0.6) is 5.75 Å². The average molecular weight is 344 g/mol. The van der Waals surface area contributed by atoms with Crippen LogP contribution in [0.25, 0.3) is 11.4 Å². The Balaban J connectivity index is 1.56. The summed E-state index contributed by atoms with van der Waals surface area (Å²) in [5.74, 6) is 1.62. The fourth-order valence-corrected chi connectivity index (χ4v) is 2.60. The zero-order valence-corrected chi connectivity index (χ0v) is 14.0. The van der Waals surface area contributed by atoms with Gasteiger partial charge in [-0.2, -0.15) is 4.98 Å². The van der Waals surface area contributed by atoms with Crippen molar-refractivity contribution in [2.24, 2.45) is 0 Å². The van der Waals surface area contributed by atoms with Crippen molar-refractivity contribution in [2.75, 3.05) is 26.7 Å². The molecule has 25 heavy (non-hydrogen) atoms. The molecule has 1 aromatic heterocycles. The minimum atomic E-state index is -0.0173. The normalized spacial score (nSPS) is 14.8. The zero-order chi connectivity index (χ0) is 17.6. The monoisotopic (exact) mass is 344 g/mol. The number of aryl methyl sites for hydroxylation is 1. The lowest BCUT2D eigenvalue weighted by molar-refractivity contribution is -0.131. The van der Waals surface area contributed by atoms with E-state index in [4.69, 9.17) is 9.26 Å². The van der Waals surface area contributed by atoms with Crippen LogP contribution in [0, 0.1) is 0 Å². The molecule has 2 heterocycles. The molecule has 0 radical (unpaired) electrons. The maximum Gasteiger partial charge on any atom is 0.227 e. The molecule has 8 nitrogen and oxygen atoms in total.